The van der Waals surface area contributed by atoms with E-state index in [0.29, 0.717) is 22.7 Å². The summed E-state index contributed by atoms with van der Waals surface area (Å²) in [6, 6.07) is 12.7. The van der Waals surface area contributed by atoms with Gasteiger partial charge in [0.1, 0.15) is 5.75 Å². The molecule has 0 fully saturated rings. The number of hydrogen-bond donors (Lipinski definition) is 3. The lowest BCUT2D eigenvalue weighted by molar-refractivity contribution is 0.102. The average molecular weight is 281 g/mol. The summed E-state index contributed by atoms with van der Waals surface area (Å²) >= 11 is 0. The number of aromatic amines is 1. The van der Waals surface area contributed by atoms with Gasteiger partial charge in [-0.3, -0.25) is 4.79 Å². The molecule has 0 unspecified atom stereocenters. The van der Waals surface area contributed by atoms with Crippen molar-refractivity contribution in [2.75, 3.05) is 18.2 Å². The fourth-order valence-electron chi connectivity index (χ4n) is 2.27. The lowest BCUT2D eigenvalue weighted by atomic mass is 10.1. The molecule has 5 nitrogen and oxygen atoms in total. The minimum atomic E-state index is -0.199. The molecule has 0 bridgehead atoms. The van der Waals surface area contributed by atoms with Crippen molar-refractivity contribution >= 4 is 28.2 Å². The highest BCUT2D eigenvalue weighted by atomic mass is 16.5. The molecule has 0 radical (unpaired) electrons. The number of nitrogens with one attached hydrogen (secondary N) is 2. The van der Waals surface area contributed by atoms with Gasteiger partial charge in [0.25, 0.3) is 5.91 Å². The number of hydrogen-bond acceptors (Lipinski definition) is 3. The molecule has 1 heterocycles. The second-order valence-corrected chi connectivity index (χ2v) is 4.66. The molecule has 0 aliphatic carbocycles. The predicted octanol–water partition coefficient (Wildman–Crippen LogP) is 3.01. The van der Waals surface area contributed by atoms with E-state index in [1.165, 1.54) is 0 Å². The van der Waals surface area contributed by atoms with Crippen molar-refractivity contribution in [3.8, 4) is 5.75 Å². The lowest BCUT2D eigenvalue weighted by Crippen LogP contribution is -2.12. The smallest absolute Gasteiger partial charge is 0.257 e. The molecule has 106 valence electrons. The zero-order valence-corrected chi connectivity index (χ0v) is 11.5. The topological polar surface area (TPSA) is 80.1 Å². The number of amides is 1. The van der Waals surface area contributed by atoms with Crippen molar-refractivity contribution in [1.29, 1.82) is 0 Å². The Hall–Kier alpha value is -2.95. The van der Waals surface area contributed by atoms with E-state index in [9.17, 15) is 4.79 Å². The van der Waals surface area contributed by atoms with Crippen LogP contribution < -0.4 is 15.8 Å². The number of para-hydroxylation sites is 2. The van der Waals surface area contributed by atoms with Crippen LogP contribution in [0.15, 0.2) is 48.7 Å². The van der Waals surface area contributed by atoms with Gasteiger partial charge in [-0.25, -0.2) is 0 Å². The Morgan fingerprint density at radius 1 is 1.24 bits per heavy atom. The maximum absolute atomic E-state index is 12.4. The summed E-state index contributed by atoms with van der Waals surface area (Å²) in [5.74, 6) is 0.422. The van der Waals surface area contributed by atoms with E-state index in [2.05, 4.69) is 10.3 Å². The Kier molecular flexibility index (Phi) is 3.23. The number of rotatable bonds is 3. The first-order valence-electron chi connectivity index (χ1n) is 6.50. The average Bonchev–Trinajstić information content (AvgIpc) is 2.90. The van der Waals surface area contributed by atoms with Crippen LogP contribution in [0.4, 0.5) is 11.4 Å². The number of benzene rings is 2. The Morgan fingerprint density at radius 2 is 2.05 bits per heavy atom. The predicted molar refractivity (Wildman–Crippen MR) is 83.7 cm³/mol. The maximum Gasteiger partial charge on any atom is 0.257 e. The van der Waals surface area contributed by atoms with Crippen molar-refractivity contribution in [1.82, 2.24) is 4.98 Å². The highest BCUT2D eigenvalue weighted by molar-refractivity contribution is 6.13. The second kappa shape index (κ2) is 5.20. The summed E-state index contributed by atoms with van der Waals surface area (Å²) in [7, 11) is 1.57. The van der Waals surface area contributed by atoms with Gasteiger partial charge in [-0.15, -0.1) is 0 Å². The van der Waals surface area contributed by atoms with Gasteiger partial charge in [0.2, 0.25) is 0 Å². The van der Waals surface area contributed by atoms with Crippen molar-refractivity contribution < 1.29 is 9.53 Å². The minimum absolute atomic E-state index is 0.199. The van der Waals surface area contributed by atoms with Crippen LogP contribution >= 0.6 is 0 Å². The molecule has 0 saturated heterocycles. The Labute approximate surface area is 121 Å². The van der Waals surface area contributed by atoms with Crippen molar-refractivity contribution in [3.05, 3.63) is 54.2 Å². The van der Waals surface area contributed by atoms with Crippen molar-refractivity contribution in [2.45, 2.75) is 0 Å². The van der Waals surface area contributed by atoms with Gasteiger partial charge in [0.15, 0.2) is 0 Å². The molecule has 0 aliphatic heterocycles. The van der Waals surface area contributed by atoms with E-state index in [1.807, 2.05) is 18.2 Å². The van der Waals surface area contributed by atoms with E-state index >= 15 is 0 Å². The third-order valence-corrected chi connectivity index (χ3v) is 3.31. The number of aromatic nitrogens is 1. The van der Waals surface area contributed by atoms with Gasteiger partial charge in [-0.2, -0.15) is 0 Å². The van der Waals surface area contributed by atoms with Crippen LogP contribution in [0.25, 0.3) is 10.9 Å². The molecule has 1 aromatic heterocycles. The number of fused-ring (bicyclic) bond motifs is 1. The summed E-state index contributed by atoms with van der Waals surface area (Å²) in [6.45, 7) is 0. The SMILES string of the molecule is COc1ccccc1NC(=O)c1c[nH]c2cc(N)ccc12. The summed E-state index contributed by atoms with van der Waals surface area (Å²) in [5, 5.41) is 3.69. The third kappa shape index (κ3) is 2.41. The standard InChI is InChI=1S/C16H15N3O2/c1-21-15-5-3-2-4-13(15)19-16(20)12-9-18-14-8-10(17)6-7-11(12)14/h2-9,18H,17H2,1H3,(H,19,20). The molecule has 0 spiro atoms. The van der Waals surface area contributed by atoms with E-state index in [0.717, 1.165) is 10.9 Å². The molecule has 1 amide bonds. The number of nitrogen functional groups attached to an aromatic ring is 1. The number of carbonyl (C=O) groups is 1. The van der Waals surface area contributed by atoms with Crippen molar-refractivity contribution in [2.24, 2.45) is 0 Å². The zero-order valence-electron chi connectivity index (χ0n) is 11.5. The quantitative estimate of drug-likeness (QED) is 0.645. The van der Waals surface area contributed by atoms with Crippen LogP contribution in [0.1, 0.15) is 10.4 Å². The molecule has 0 aliphatic rings. The van der Waals surface area contributed by atoms with Crippen LogP contribution in [-0.2, 0) is 0 Å². The fourth-order valence-corrected chi connectivity index (χ4v) is 2.27. The van der Waals surface area contributed by atoms with Gasteiger partial charge >= 0.3 is 0 Å². The number of anilines is 2. The normalized spacial score (nSPS) is 10.5. The van der Waals surface area contributed by atoms with Crippen molar-refractivity contribution in [3.63, 3.8) is 0 Å². The van der Waals surface area contributed by atoms with Crippen LogP contribution in [-0.4, -0.2) is 18.0 Å². The van der Waals surface area contributed by atoms with Crippen LogP contribution in [0.3, 0.4) is 0 Å². The maximum atomic E-state index is 12.4. The van der Waals surface area contributed by atoms with E-state index in [1.54, 1.807) is 37.6 Å². The molecule has 2 aromatic carbocycles. The number of H-pyrrole nitrogens is 1. The summed E-state index contributed by atoms with van der Waals surface area (Å²) < 4.78 is 5.23. The van der Waals surface area contributed by atoms with Gasteiger partial charge in [0.05, 0.1) is 18.4 Å². The molecule has 4 N–H and O–H groups in total. The Balaban J connectivity index is 1.94. The molecule has 0 saturated carbocycles. The fraction of sp³-hybridized carbons (Fsp3) is 0.0625. The van der Waals surface area contributed by atoms with Gasteiger partial charge in [-0.1, -0.05) is 12.1 Å². The second-order valence-electron chi connectivity index (χ2n) is 4.66. The zero-order chi connectivity index (χ0) is 14.8. The van der Waals surface area contributed by atoms with Crippen LogP contribution in [0, 0.1) is 0 Å². The lowest BCUT2D eigenvalue weighted by Gasteiger charge is -2.09. The van der Waals surface area contributed by atoms with E-state index < -0.39 is 0 Å². The Bertz CT molecular complexity index is 808. The molecule has 3 rings (SSSR count). The van der Waals surface area contributed by atoms with E-state index in [-0.39, 0.29) is 5.91 Å². The molecular formula is C16H15N3O2. The van der Waals surface area contributed by atoms with Crippen LogP contribution in [0.2, 0.25) is 0 Å². The minimum Gasteiger partial charge on any atom is -0.495 e. The molecule has 5 heteroatoms. The van der Waals surface area contributed by atoms with Gasteiger partial charge in [-0.05, 0) is 30.3 Å². The molecular weight excluding hydrogens is 266 g/mol. The molecule has 21 heavy (non-hydrogen) atoms. The first kappa shape index (κ1) is 13.1. The molecule has 0 atom stereocenters. The Morgan fingerprint density at radius 3 is 2.86 bits per heavy atom. The van der Waals surface area contributed by atoms with Crippen LogP contribution in [0.5, 0.6) is 5.75 Å². The van der Waals surface area contributed by atoms with Gasteiger partial charge < -0.3 is 20.8 Å². The van der Waals surface area contributed by atoms with E-state index in [4.69, 9.17) is 10.5 Å². The largest absolute Gasteiger partial charge is 0.495 e. The third-order valence-electron chi connectivity index (χ3n) is 3.31. The highest BCUT2D eigenvalue weighted by Crippen LogP contribution is 2.26. The first-order valence-corrected chi connectivity index (χ1v) is 6.50. The first-order chi connectivity index (χ1) is 10.2. The molecule has 3 aromatic rings. The number of nitrogens with two attached hydrogens (primary N) is 1. The highest BCUT2D eigenvalue weighted by Gasteiger charge is 2.13. The number of carbonyl (C=O) groups excluding carboxylic acids is 1. The summed E-state index contributed by atoms with van der Waals surface area (Å²) in [5.41, 5.74) is 8.42. The summed E-state index contributed by atoms with van der Waals surface area (Å²) in [6.07, 6.45) is 1.68. The summed E-state index contributed by atoms with van der Waals surface area (Å²) in [4.78, 5) is 15.5. The number of ether oxygens (including phenoxy) is 1. The monoisotopic (exact) mass is 281 g/mol. The van der Waals surface area contributed by atoms with Gasteiger partial charge in [0, 0.05) is 22.8 Å². The number of methoxy groups -OCH3 is 1.